The van der Waals surface area contributed by atoms with Crippen molar-refractivity contribution < 1.29 is 0 Å². The van der Waals surface area contributed by atoms with Crippen LogP contribution in [-0.4, -0.2) is 12.6 Å². The molecule has 0 radical (unpaired) electrons. The van der Waals surface area contributed by atoms with Gasteiger partial charge in [0.15, 0.2) is 0 Å². The van der Waals surface area contributed by atoms with E-state index in [0.29, 0.717) is 0 Å². The molecule has 106 valence electrons. The Morgan fingerprint density at radius 2 is 1.79 bits per heavy atom. The fourth-order valence-electron chi connectivity index (χ4n) is 3.13. The zero-order chi connectivity index (χ0) is 13.8. The predicted molar refractivity (Wildman–Crippen MR) is 83.8 cm³/mol. The van der Waals surface area contributed by atoms with Gasteiger partial charge in [-0.1, -0.05) is 31.0 Å². The SMILES string of the molecule is CCCC(CNC1CC1)Cc1c(C)cc(C)cc1C. The highest BCUT2D eigenvalue weighted by atomic mass is 14.9. The Balaban J connectivity index is 2.02. The van der Waals surface area contributed by atoms with Gasteiger partial charge in [0.05, 0.1) is 0 Å². The Bertz CT molecular complexity index is 395. The second kappa shape index (κ2) is 6.56. The lowest BCUT2D eigenvalue weighted by atomic mass is 9.89. The summed E-state index contributed by atoms with van der Waals surface area (Å²) < 4.78 is 0. The summed E-state index contributed by atoms with van der Waals surface area (Å²) >= 11 is 0. The van der Waals surface area contributed by atoms with E-state index >= 15 is 0 Å². The molecule has 1 aromatic carbocycles. The lowest BCUT2D eigenvalue weighted by Crippen LogP contribution is -2.26. The summed E-state index contributed by atoms with van der Waals surface area (Å²) in [5, 5.41) is 3.71. The van der Waals surface area contributed by atoms with Crippen LogP contribution in [0.2, 0.25) is 0 Å². The van der Waals surface area contributed by atoms with Gasteiger partial charge < -0.3 is 5.32 Å². The summed E-state index contributed by atoms with van der Waals surface area (Å²) in [6.07, 6.45) is 6.65. The molecule has 0 bridgehead atoms. The first-order chi connectivity index (χ1) is 9.10. The minimum Gasteiger partial charge on any atom is -0.314 e. The van der Waals surface area contributed by atoms with Crippen molar-refractivity contribution in [2.75, 3.05) is 6.54 Å². The molecule has 1 nitrogen and oxygen atoms in total. The third-order valence-corrected chi connectivity index (χ3v) is 4.30. The van der Waals surface area contributed by atoms with Crippen molar-refractivity contribution in [2.24, 2.45) is 5.92 Å². The fourth-order valence-corrected chi connectivity index (χ4v) is 3.13. The number of rotatable bonds is 7. The van der Waals surface area contributed by atoms with E-state index in [0.717, 1.165) is 12.0 Å². The lowest BCUT2D eigenvalue weighted by molar-refractivity contribution is 0.436. The Morgan fingerprint density at radius 3 is 2.32 bits per heavy atom. The van der Waals surface area contributed by atoms with Gasteiger partial charge in [0, 0.05) is 6.04 Å². The molecule has 1 aliphatic rings. The predicted octanol–water partition coefficient (Wildman–Crippen LogP) is 4.32. The number of aryl methyl sites for hydroxylation is 3. The summed E-state index contributed by atoms with van der Waals surface area (Å²) in [5.74, 6) is 0.797. The first-order valence-electron chi connectivity index (χ1n) is 7.90. The number of nitrogens with one attached hydrogen (secondary N) is 1. The summed E-state index contributed by atoms with van der Waals surface area (Å²) in [7, 11) is 0. The third-order valence-electron chi connectivity index (χ3n) is 4.30. The van der Waals surface area contributed by atoms with Crippen LogP contribution in [0.4, 0.5) is 0 Å². The molecule has 1 aromatic rings. The average molecular weight is 259 g/mol. The monoisotopic (exact) mass is 259 g/mol. The first-order valence-corrected chi connectivity index (χ1v) is 7.90. The van der Waals surface area contributed by atoms with Gasteiger partial charge in [-0.2, -0.15) is 0 Å². The highest BCUT2D eigenvalue weighted by molar-refractivity contribution is 5.37. The standard InChI is InChI=1S/C18H29N/c1-5-6-16(12-19-17-7-8-17)11-18-14(3)9-13(2)10-15(18)4/h9-10,16-17,19H,5-8,11-12H2,1-4H3. The Kier molecular flexibility index (Phi) is 5.04. The van der Waals surface area contributed by atoms with E-state index in [9.17, 15) is 0 Å². The van der Waals surface area contributed by atoms with Gasteiger partial charge in [-0.3, -0.25) is 0 Å². The molecule has 1 N–H and O–H groups in total. The van der Waals surface area contributed by atoms with E-state index in [1.54, 1.807) is 5.56 Å². The van der Waals surface area contributed by atoms with Crippen molar-refractivity contribution in [2.45, 2.75) is 65.8 Å². The Hall–Kier alpha value is -0.820. The highest BCUT2D eigenvalue weighted by Gasteiger charge is 2.22. The maximum absolute atomic E-state index is 3.71. The quantitative estimate of drug-likeness (QED) is 0.769. The van der Waals surface area contributed by atoms with Gasteiger partial charge in [0.25, 0.3) is 0 Å². The van der Waals surface area contributed by atoms with Gasteiger partial charge >= 0.3 is 0 Å². The van der Waals surface area contributed by atoms with Crippen LogP contribution in [-0.2, 0) is 6.42 Å². The van der Waals surface area contributed by atoms with Gasteiger partial charge in [0.2, 0.25) is 0 Å². The number of hydrogen-bond donors (Lipinski definition) is 1. The molecule has 0 aliphatic heterocycles. The molecule has 1 aliphatic carbocycles. The molecule has 2 rings (SSSR count). The molecule has 1 saturated carbocycles. The van der Waals surface area contributed by atoms with Crippen molar-refractivity contribution in [3.8, 4) is 0 Å². The zero-order valence-electron chi connectivity index (χ0n) is 13.1. The summed E-state index contributed by atoms with van der Waals surface area (Å²) in [6.45, 7) is 10.2. The van der Waals surface area contributed by atoms with E-state index in [2.05, 4.69) is 45.1 Å². The van der Waals surface area contributed by atoms with Gasteiger partial charge in [0.1, 0.15) is 0 Å². The first kappa shape index (κ1) is 14.6. The molecule has 0 amide bonds. The van der Waals surface area contributed by atoms with Gasteiger partial charge in [-0.05, 0) is 75.6 Å². The average Bonchev–Trinajstić information content (AvgIpc) is 3.14. The van der Waals surface area contributed by atoms with Crippen LogP contribution in [0.25, 0.3) is 0 Å². The van der Waals surface area contributed by atoms with E-state index in [1.807, 2.05) is 0 Å². The summed E-state index contributed by atoms with van der Waals surface area (Å²) in [5.41, 5.74) is 5.93. The molecular formula is C18H29N. The molecule has 19 heavy (non-hydrogen) atoms. The molecule has 1 unspecified atom stereocenters. The van der Waals surface area contributed by atoms with Crippen LogP contribution in [0, 0.1) is 26.7 Å². The molecule has 1 fully saturated rings. The zero-order valence-corrected chi connectivity index (χ0v) is 13.1. The van der Waals surface area contributed by atoms with Gasteiger partial charge in [-0.25, -0.2) is 0 Å². The Labute approximate surface area is 118 Å². The minimum atomic E-state index is 0.797. The Morgan fingerprint density at radius 1 is 1.16 bits per heavy atom. The van der Waals surface area contributed by atoms with Crippen molar-refractivity contribution in [3.05, 3.63) is 34.4 Å². The topological polar surface area (TPSA) is 12.0 Å². The van der Waals surface area contributed by atoms with E-state index in [-0.39, 0.29) is 0 Å². The van der Waals surface area contributed by atoms with Crippen LogP contribution in [0.5, 0.6) is 0 Å². The van der Waals surface area contributed by atoms with E-state index in [1.165, 1.54) is 55.3 Å². The van der Waals surface area contributed by atoms with E-state index < -0.39 is 0 Å². The molecule has 0 heterocycles. The van der Waals surface area contributed by atoms with Crippen LogP contribution >= 0.6 is 0 Å². The second-order valence-corrected chi connectivity index (χ2v) is 6.42. The van der Waals surface area contributed by atoms with Crippen molar-refractivity contribution in [1.82, 2.24) is 5.32 Å². The fraction of sp³-hybridized carbons (Fsp3) is 0.667. The van der Waals surface area contributed by atoms with Gasteiger partial charge in [-0.15, -0.1) is 0 Å². The third kappa shape index (κ3) is 4.35. The minimum absolute atomic E-state index is 0.797. The lowest BCUT2D eigenvalue weighted by Gasteiger charge is -2.20. The molecular weight excluding hydrogens is 230 g/mol. The van der Waals surface area contributed by atoms with Crippen molar-refractivity contribution in [1.29, 1.82) is 0 Å². The summed E-state index contributed by atoms with van der Waals surface area (Å²) in [4.78, 5) is 0. The van der Waals surface area contributed by atoms with Crippen LogP contribution < -0.4 is 5.32 Å². The highest BCUT2D eigenvalue weighted by Crippen LogP contribution is 2.24. The maximum Gasteiger partial charge on any atom is 0.00683 e. The second-order valence-electron chi connectivity index (χ2n) is 6.42. The summed E-state index contributed by atoms with van der Waals surface area (Å²) in [6, 6.07) is 5.50. The normalized spacial score (nSPS) is 16.6. The largest absolute Gasteiger partial charge is 0.314 e. The maximum atomic E-state index is 3.71. The molecule has 0 saturated heterocycles. The van der Waals surface area contributed by atoms with Crippen LogP contribution in [0.15, 0.2) is 12.1 Å². The smallest absolute Gasteiger partial charge is 0.00683 e. The van der Waals surface area contributed by atoms with Crippen molar-refractivity contribution >= 4 is 0 Å². The van der Waals surface area contributed by atoms with Crippen LogP contribution in [0.1, 0.15) is 54.9 Å². The molecule has 0 aromatic heterocycles. The number of benzene rings is 1. The van der Waals surface area contributed by atoms with Crippen molar-refractivity contribution in [3.63, 3.8) is 0 Å². The molecule has 0 spiro atoms. The molecule has 1 atom stereocenters. The number of hydrogen-bond acceptors (Lipinski definition) is 1. The molecule has 1 heteroatoms. The van der Waals surface area contributed by atoms with Crippen LogP contribution in [0.3, 0.4) is 0 Å². The van der Waals surface area contributed by atoms with E-state index in [4.69, 9.17) is 0 Å².